The van der Waals surface area contributed by atoms with E-state index >= 15 is 0 Å². The third-order valence-electron chi connectivity index (χ3n) is 3.36. The first-order valence-corrected chi connectivity index (χ1v) is 7.98. The molecule has 0 spiro atoms. The fraction of sp³-hybridized carbons (Fsp3) is 0.353. The summed E-state index contributed by atoms with van der Waals surface area (Å²) in [7, 11) is 0. The van der Waals surface area contributed by atoms with Gasteiger partial charge in [-0.2, -0.15) is 0 Å². The molecule has 1 aromatic carbocycles. The highest BCUT2D eigenvalue weighted by Gasteiger charge is 2.13. The zero-order valence-corrected chi connectivity index (χ0v) is 14.0. The Morgan fingerprint density at radius 3 is 2.76 bits per heavy atom. The Morgan fingerprint density at radius 1 is 1.29 bits per heavy atom. The predicted molar refractivity (Wildman–Crippen MR) is 87.8 cm³/mol. The lowest BCUT2D eigenvalue weighted by Gasteiger charge is -2.19. The van der Waals surface area contributed by atoms with Crippen molar-refractivity contribution in [3.8, 4) is 0 Å². The number of nitrogens with one attached hydrogen (secondary N) is 1. The van der Waals surface area contributed by atoms with Gasteiger partial charge in [0.2, 0.25) is 0 Å². The van der Waals surface area contributed by atoms with Crippen LogP contribution in [-0.2, 0) is 6.42 Å². The van der Waals surface area contributed by atoms with Crippen molar-refractivity contribution in [1.82, 2.24) is 10.3 Å². The van der Waals surface area contributed by atoms with Crippen molar-refractivity contribution in [1.29, 1.82) is 0 Å². The number of aryl methyl sites for hydroxylation is 1. The summed E-state index contributed by atoms with van der Waals surface area (Å²) in [6.45, 7) is 5.13. The number of nitrogens with zero attached hydrogens (tertiary/aromatic N) is 1. The molecule has 0 aliphatic rings. The minimum Gasteiger partial charge on any atom is -0.310 e. The molecule has 0 bridgehead atoms. The van der Waals surface area contributed by atoms with Crippen LogP contribution in [0.5, 0.6) is 0 Å². The Bertz CT molecular complexity index is 601. The largest absolute Gasteiger partial charge is 0.310 e. The highest BCUT2D eigenvalue weighted by atomic mass is 79.9. The van der Waals surface area contributed by atoms with Crippen LogP contribution in [0, 0.1) is 12.7 Å². The summed E-state index contributed by atoms with van der Waals surface area (Å²) >= 11 is 3.25. The van der Waals surface area contributed by atoms with E-state index < -0.39 is 0 Å². The molecule has 112 valence electrons. The molecule has 2 rings (SSSR count). The lowest BCUT2D eigenvalue weighted by Crippen LogP contribution is -2.24. The van der Waals surface area contributed by atoms with E-state index in [2.05, 4.69) is 39.2 Å². The van der Waals surface area contributed by atoms with Gasteiger partial charge in [0.15, 0.2) is 0 Å². The lowest BCUT2D eigenvalue weighted by atomic mass is 9.99. The summed E-state index contributed by atoms with van der Waals surface area (Å²) in [5.74, 6) is -0.228. The van der Waals surface area contributed by atoms with E-state index in [0.717, 1.165) is 30.5 Å². The molecule has 1 heterocycles. The molecule has 1 unspecified atom stereocenters. The summed E-state index contributed by atoms with van der Waals surface area (Å²) < 4.78 is 13.9. The molecule has 4 heteroatoms. The van der Waals surface area contributed by atoms with Crippen molar-refractivity contribution in [2.24, 2.45) is 0 Å². The Morgan fingerprint density at radius 2 is 2.10 bits per heavy atom. The second kappa shape index (κ2) is 7.66. The van der Waals surface area contributed by atoms with Crippen molar-refractivity contribution < 1.29 is 4.39 Å². The Labute approximate surface area is 133 Å². The molecule has 0 radical (unpaired) electrons. The van der Waals surface area contributed by atoms with E-state index in [-0.39, 0.29) is 11.9 Å². The van der Waals surface area contributed by atoms with Crippen LogP contribution in [0.25, 0.3) is 0 Å². The normalized spacial score (nSPS) is 12.4. The lowest BCUT2D eigenvalue weighted by molar-refractivity contribution is 0.526. The van der Waals surface area contributed by atoms with Crippen molar-refractivity contribution in [2.75, 3.05) is 6.54 Å². The van der Waals surface area contributed by atoms with Gasteiger partial charge in [0.05, 0.1) is 4.47 Å². The molecule has 2 nitrogen and oxygen atoms in total. The molecular formula is C17H20BrFN2. The van der Waals surface area contributed by atoms with E-state index in [1.807, 2.05) is 31.5 Å². The summed E-state index contributed by atoms with van der Waals surface area (Å²) in [6, 6.07) is 7.53. The molecule has 0 saturated heterocycles. The van der Waals surface area contributed by atoms with Gasteiger partial charge in [-0.05, 0) is 71.1 Å². The molecule has 0 saturated carbocycles. The smallest absolute Gasteiger partial charge is 0.137 e. The maximum atomic E-state index is 13.3. The van der Waals surface area contributed by atoms with Crippen molar-refractivity contribution >= 4 is 15.9 Å². The van der Waals surface area contributed by atoms with Gasteiger partial charge >= 0.3 is 0 Å². The van der Waals surface area contributed by atoms with Crippen LogP contribution in [0.4, 0.5) is 4.39 Å². The van der Waals surface area contributed by atoms with Gasteiger partial charge in [-0.15, -0.1) is 0 Å². The first-order valence-electron chi connectivity index (χ1n) is 7.19. The van der Waals surface area contributed by atoms with Crippen LogP contribution >= 0.6 is 15.9 Å². The van der Waals surface area contributed by atoms with Gasteiger partial charge < -0.3 is 5.32 Å². The standard InChI is InChI=1S/C17H20BrFN2/c1-3-6-21-17(14-7-12(2)10-20-11-14)9-13-4-5-16(19)15(18)8-13/h4-5,7-8,10-11,17,21H,3,6,9H2,1-2H3. The number of hydrogen-bond donors (Lipinski definition) is 1. The van der Waals surface area contributed by atoms with E-state index in [1.165, 1.54) is 11.6 Å². The maximum absolute atomic E-state index is 13.3. The molecule has 0 fully saturated rings. The van der Waals surface area contributed by atoms with Gasteiger partial charge in [0, 0.05) is 18.4 Å². The SMILES string of the molecule is CCCNC(Cc1ccc(F)c(Br)c1)c1cncc(C)c1. The summed E-state index contributed by atoms with van der Waals surface area (Å²) in [6.07, 6.45) is 5.64. The van der Waals surface area contributed by atoms with Crippen LogP contribution in [-0.4, -0.2) is 11.5 Å². The molecular weight excluding hydrogens is 331 g/mol. The van der Waals surface area contributed by atoms with Gasteiger partial charge in [-0.1, -0.05) is 19.1 Å². The fourth-order valence-corrected chi connectivity index (χ4v) is 2.72. The zero-order valence-electron chi connectivity index (χ0n) is 12.4. The monoisotopic (exact) mass is 350 g/mol. The van der Waals surface area contributed by atoms with Crippen LogP contribution in [0.1, 0.15) is 36.1 Å². The average Bonchev–Trinajstić information content (AvgIpc) is 2.47. The predicted octanol–water partition coefficient (Wildman–Crippen LogP) is 4.58. The topological polar surface area (TPSA) is 24.9 Å². The Hall–Kier alpha value is -1.26. The molecule has 2 aromatic rings. The van der Waals surface area contributed by atoms with Gasteiger partial charge in [0.1, 0.15) is 5.82 Å². The molecule has 1 aromatic heterocycles. The molecule has 0 aliphatic heterocycles. The molecule has 1 atom stereocenters. The number of pyridine rings is 1. The van der Waals surface area contributed by atoms with Crippen molar-refractivity contribution in [3.05, 3.63) is 63.6 Å². The minimum absolute atomic E-state index is 0.190. The Balaban J connectivity index is 2.21. The van der Waals surface area contributed by atoms with Crippen molar-refractivity contribution in [2.45, 2.75) is 32.7 Å². The molecule has 0 aliphatic carbocycles. The van der Waals surface area contributed by atoms with E-state index in [0.29, 0.717) is 4.47 Å². The fourth-order valence-electron chi connectivity index (χ4n) is 2.30. The van der Waals surface area contributed by atoms with Gasteiger partial charge in [-0.3, -0.25) is 4.98 Å². The van der Waals surface area contributed by atoms with E-state index in [4.69, 9.17) is 0 Å². The quantitative estimate of drug-likeness (QED) is 0.824. The molecule has 21 heavy (non-hydrogen) atoms. The second-order valence-corrected chi connectivity index (χ2v) is 6.11. The minimum atomic E-state index is -0.228. The number of rotatable bonds is 6. The number of halogens is 2. The average molecular weight is 351 g/mol. The van der Waals surface area contributed by atoms with Crippen LogP contribution in [0.2, 0.25) is 0 Å². The zero-order chi connectivity index (χ0) is 15.2. The Kier molecular flexibility index (Phi) is 5.88. The van der Waals surface area contributed by atoms with Crippen LogP contribution in [0.3, 0.4) is 0 Å². The highest BCUT2D eigenvalue weighted by Crippen LogP contribution is 2.22. The van der Waals surface area contributed by atoms with Crippen molar-refractivity contribution in [3.63, 3.8) is 0 Å². The number of hydrogen-bond acceptors (Lipinski definition) is 2. The van der Waals surface area contributed by atoms with E-state index in [9.17, 15) is 4.39 Å². The third kappa shape index (κ3) is 4.61. The summed E-state index contributed by atoms with van der Waals surface area (Å²) in [5.41, 5.74) is 3.42. The van der Waals surface area contributed by atoms with Gasteiger partial charge in [-0.25, -0.2) is 4.39 Å². The number of benzene rings is 1. The second-order valence-electron chi connectivity index (χ2n) is 5.25. The molecule has 0 amide bonds. The third-order valence-corrected chi connectivity index (χ3v) is 3.97. The highest BCUT2D eigenvalue weighted by molar-refractivity contribution is 9.10. The van der Waals surface area contributed by atoms with Gasteiger partial charge in [0.25, 0.3) is 0 Å². The molecule has 1 N–H and O–H groups in total. The first-order chi connectivity index (χ1) is 10.1. The van der Waals surface area contributed by atoms with Crippen LogP contribution < -0.4 is 5.32 Å². The summed E-state index contributed by atoms with van der Waals surface area (Å²) in [5, 5.41) is 3.55. The van der Waals surface area contributed by atoms with E-state index in [1.54, 1.807) is 0 Å². The number of aromatic nitrogens is 1. The summed E-state index contributed by atoms with van der Waals surface area (Å²) in [4.78, 5) is 4.28. The first kappa shape index (κ1) is 16.1. The maximum Gasteiger partial charge on any atom is 0.137 e. The van der Waals surface area contributed by atoms with Crippen LogP contribution in [0.15, 0.2) is 41.1 Å².